The molecule has 0 aromatic carbocycles. The van der Waals surface area contributed by atoms with Crippen LogP contribution in [0, 0.1) is 5.92 Å². The first kappa shape index (κ1) is 12.1. The second kappa shape index (κ2) is 5.30. The normalized spacial score (nSPS) is 19.5. The molecule has 1 saturated heterocycles. The highest BCUT2D eigenvalue weighted by Gasteiger charge is 2.16. The Kier molecular flexibility index (Phi) is 4.00. The van der Waals surface area contributed by atoms with Crippen LogP contribution in [0.1, 0.15) is 42.5 Å². The molecule has 1 atom stereocenters. The molecule has 1 aromatic rings. The Morgan fingerprint density at radius 2 is 2.00 bits per heavy atom. The lowest BCUT2D eigenvalue weighted by atomic mass is 10.1. The maximum atomic E-state index is 9.97. The number of nitrogens with zero attached hydrogens (tertiary/aromatic N) is 1. The number of aliphatic hydroxyl groups excluding tert-OH is 1. The molecular weight excluding hydrogens is 218 g/mol. The van der Waals surface area contributed by atoms with E-state index in [1.165, 1.54) is 30.8 Å². The Morgan fingerprint density at radius 1 is 1.31 bits per heavy atom. The first-order valence-electron chi connectivity index (χ1n) is 6.16. The molecule has 16 heavy (non-hydrogen) atoms. The van der Waals surface area contributed by atoms with Gasteiger partial charge in [0, 0.05) is 16.3 Å². The quantitative estimate of drug-likeness (QED) is 0.873. The Balaban J connectivity index is 1.96. The summed E-state index contributed by atoms with van der Waals surface area (Å²) in [4.78, 5) is 5.00. The summed E-state index contributed by atoms with van der Waals surface area (Å²) in [5.74, 6) is 0.304. The fourth-order valence-corrected chi connectivity index (χ4v) is 3.34. The van der Waals surface area contributed by atoms with Crippen molar-refractivity contribution in [2.24, 2.45) is 5.92 Å². The molecular formula is C13H21NOS. The Labute approximate surface area is 102 Å². The second-order valence-electron chi connectivity index (χ2n) is 4.98. The number of hydrogen-bond acceptors (Lipinski definition) is 3. The van der Waals surface area contributed by atoms with E-state index in [4.69, 9.17) is 0 Å². The van der Waals surface area contributed by atoms with Crippen molar-refractivity contribution >= 4 is 11.3 Å². The van der Waals surface area contributed by atoms with Crippen LogP contribution in [-0.4, -0.2) is 23.1 Å². The van der Waals surface area contributed by atoms with Crippen molar-refractivity contribution in [3.8, 4) is 0 Å². The Hall–Kier alpha value is -0.380. The summed E-state index contributed by atoms with van der Waals surface area (Å²) in [5, 5.41) is 9.97. The van der Waals surface area contributed by atoms with Gasteiger partial charge in [-0.25, -0.2) is 0 Å². The van der Waals surface area contributed by atoms with Crippen molar-refractivity contribution in [2.75, 3.05) is 13.1 Å². The van der Waals surface area contributed by atoms with Crippen molar-refractivity contribution in [2.45, 2.75) is 39.3 Å². The van der Waals surface area contributed by atoms with Gasteiger partial charge in [-0.2, -0.15) is 0 Å². The van der Waals surface area contributed by atoms with Gasteiger partial charge in [-0.3, -0.25) is 4.90 Å². The van der Waals surface area contributed by atoms with Crippen LogP contribution in [0.5, 0.6) is 0 Å². The van der Waals surface area contributed by atoms with Crippen LogP contribution in [0.4, 0.5) is 0 Å². The van der Waals surface area contributed by atoms with E-state index in [2.05, 4.69) is 30.9 Å². The average molecular weight is 239 g/mol. The van der Waals surface area contributed by atoms with Crippen LogP contribution in [0.2, 0.25) is 0 Å². The van der Waals surface area contributed by atoms with E-state index >= 15 is 0 Å². The standard InChI is InChI=1S/C13H21NOS/c1-10(2)13(15)12-6-5-11(16-12)9-14-7-3-4-8-14/h5-6,10,13,15H,3-4,7-9H2,1-2H3. The number of aliphatic hydroxyl groups is 1. The third-order valence-electron chi connectivity index (χ3n) is 3.18. The van der Waals surface area contributed by atoms with Crippen molar-refractivity contribution in [1.29, 1.82) is 0 Å². The molecule has 0 saturated carbocycles. The molecule has 3 heteroatoms. The van der Waals surface area contributed by atoms with Crippen LogP contribution >= 0.6 is 11.3 Å². The van der Waals surface area contributed by atoms with Gasteiger partial charge in [-0.05, 0) is 44.0 Å². The summed E-state index contributed by atoms with van der Waals surface area (Å²) in [6, 6.07) is 4.25. The van der Waals surface area contributed by atoms with E-state index in [0.29, 0.717) is 5.92 Å². The molecule has 0 aliphatic carbocycles. The largest absolute Gasteiger partial charge is 0.387 e. The van der Waals surface area contributed by atoms with Crippen LogP contribution < -0.4 is 0 Å². The minimum atomic E-state index is -0.294. The van der Waals surface area contributed by atoms with Crippen molar-refractivity contribution < 1.29 is 5.11 Å². The van der Waals surface area contributed by atoms with Crippen molar-refractivity contribution in [3.05, 3.63) is 21.9 Å². The van der Waals surface area contributed by atoms with Gasteiger partial charge in [0.05, 0.1) is 6.10 Å². The number of rotatable bonds is 4. The number of thiophene rings is 1. The summed E-state index contributed by atoms with van der Waals surface area (Å²) >= 11 is 1.76. The zero-order valence-electron chi connectivity index (χ0n) is 10.1. The molecule has 1 aromatic heterocycles. The Bertz CT molecular complexity index is 328. The van der Waals surface area contributed by atoms with E-state index in [0.717, 1.165) is 11.4 Å². The molecule has 1 N–H and O–H groups in total. The number of hydrogen-bond donors (Lipinski definition) is 1. The lowest BCUT2D eigenvalue weighted by Crippen LogP contribution is -2.17. The monoisotopic (exact) mass is 239 g/mol. The topological polar surface area (TPSA) is 23.5 Å². The third-order valence-corrected chi connectivity index (χ3v) is 4.32. The summed E-state index contributed by atoms with van der Waals surface area (Å²) < 4.78 is 0. The lowest BCUT2D eigenvalue weighted by Gasteiger charge is -2.13. The van der Waals surface area contributed by atoms with E-state index in [1.54, 1.807) is 11.3 Å². The van der Waals surface area contributed by atoms with Gasteiger partial charge in [0.1, 0.15) is 0 Å². The van der Waals surface area contributed by atoms with Gasteiger partial charge in [-0.1, -0.05) is 13.8 Å². The van der Waals surface area contributed by atoms with Crippen LogP contribution in [0.25, 0.3) is 0 Å². The summed E-state index contributed by atoms with van der Waals surface area (Å²) in [6.45, 7) is 7.66. The van der Waals surface area contributed by atoms with Gasteiger partial charge in [0.25, 0.3) is 0 Å². The van der Waals surface area contributed by atoms with E-state index < -0.39 is 0 Å². The minimum Gasteiger partial charge on any atom is -0.387 e. The summed E-state index contributed by atoms with van der Waals surface area (Å²) in [7, 11) is 0. The minimum absolute atomic E-state index is 0.294. The molecule has 2 nitrogen and oxygen atoms in total. The lowest BCUT2D eigenvalue weighted by molar-refractivity contribution is 0.130. The molecule has 1 fully saturated rings. The fraction of sp³-hybridized carbons (Fsp3) is 0.692. The van der Waals surface area contributed by atoms with Gasteiger partial charge in [0.2, 0.25) is 0 Å². The van der Waals surface area contributed by atoms with Crippen LogP contribution in [0.15, 0.2) is 12.1 Å². The zero-order valence-corrected chi connectivity index (χ0v) is 11.0. The predicted molar refractivity (Wildman–Crippen MR) is 68.6 cm³/mol. The smallest absolute Gasteiger partial charge is 0.0904 e. The maximum Gasteiger partial charge on any atom is 0.0904 e. The first-order chi connectivity index (χ1) is 7.66. The highest BCUT2D eigenvalue weighted by atomic mass is 32.1. The van der Waals surface area contributed by atoms with E-state index in [-0.39, 0.29) is 6.10 Å². The van der Waals surface area contributed by atoms with Crippen molar-refractivity contribution in [1.82, 2.24) is 4.90 Å². The summed E-state index contributed by atoms with van der Waals surface area (Å²) in [5.41, 5.74) is 0. The predicted octanol–water partition coefficient (Wildman–Crippen LogP) is 3.03. The highest BCUT2D eigenvalue weighted by Crippen LogP contribution is 2.29. The molecule has 2 heterocycles. The molecule has 1 unspecified atom stereocenters. The van der Waals surface area contributed by atoms with E-state index in [9.17, 15) is 5.11 Å². The first-order valence-corrected chi connectivity index (χ1v) is 6.97. The average Bonchev–Trinajstić information content (AvgIpc) is 2.88. The van der Waals surface area contributed by atoms with Crippen LogP contribution in [0.3, 0.4) is 0 Å². The molecule has 90 valence electrons. The maximum absolute atomic E-state index is 9.97. The molecule has 0 amide bonds. The number of likely N-dealkylation sites (tertiary alicyclic amines) is 1. The molecule has 0 radical (unpaired) electrons. The van der Waals surface area contributed by atoms with E-state index in [1.807, 2.05) is 0 Å². The highest BCUT2D eigenvalue weighted by molar-refractivity contribution is 7.12. The molecule has 1 aliphatic heterocycles. The van der Waals surface area contributed by atoms with Gasteiger partial charge in [0.15, 0.2) is 0 Å². The molecule has 0 spiro atoms. The zero-order chi connectivity index (χ0) is 11.5. The van der Waals surface area contributed by atoms with Gasteiger partial charge >= 0.3 is 0 Å². The summed E-state index contributed by atoms with van der Waals surface area (Å²) in [6.07, 6.45) is 2.39. The molecule has 0 bridgehead atoms. The van der Waals surface area contributed by atoms with Gasteiger partial charge < -0.3 is 5.11 Å². The second-order valence-corrected chi connectivity index (χ2v) is 6.18. The van der Waals surface area contributed by atoms with Crippen LogP contribution in [-0.2, 0) is 6.54 Å². The van der Waals surface area contributed by atoms with Crippen molar-refractivity contribution in [3.63, 3.8) is 0 Å². The molecule has 1 aliphatic rings. The molecule has 2 rings (SSSR count). The Morgan fingerprint density at radius 3 is 2.62 bits per heavy atom. The third kappa shape index (κ3) is 2.84. The van der Waals surface area contributed by atoms with Gasteiger partial charge in [-0.15, -0.1) is 11.3 Å². The fourth-order valence-electron chi connectivity index (χ4n) is 2.13. The SMILES string of the molecule is CC(C)C(O)c1ccc(CN2CCCC2)s1.